The van der Waals surface area contributed by atoms with Gasteiger partial charge in [0.2, 0.25) is 0 Å². The predicted octanol–water partition coefficient (Wildman–Crippen LogP) is 5.08. The Balaban J connectivity index is 1.36. The molecule has 0 saturated carbocycles. The molecule has 7 nitrogen and oxygen atoms in total. The second kappa shape index (κ2) is 9.01. The number of rotatable bonds is 4. The summed E-state index contributed by atoms with van der Waals surface area (Å²) >= 11 is 2.96. The fourth-order valence-corrected chi connectivity index (χ4v) is 5.36. The Hall–Kier alpha value is -2.65. The third kappa shape index (κ3) is 4.73. The maximum atomic E-state index is 12.6. The molecule has 2 N–H and O–H groups in total. The molecule has 9 heteroatoms. The highest BCUT2D eigenvalue weighted by atomic mass is 32.1. The fraction of sp³-hybridized carbons (Fsp3) is 0.381. The highest BCUT2D eigenvalue weighted by Gasteiger charge is 2.17. The number of aromatic nitrogens is 1. The number of nitrogens with one attached hydrogen (secondary N) is 2. The van der Waals surface area contributed by atoms with Crippen molar-refractivity contribution in [3.8, 4) is 0 Å². The molecule has 1 aliphatic rings. The normalized spacial score (nSPS) is 14.4. The zero-order chi connectivity index (χ0) is 21.1. The number of amides is 3. The van der Waals surface area contributed by atoms with E-state index in [9.17, 15) is 9.59 Å². The molecule has 4 rings (SSSR count). The van der Waals surface area contributed by atoms with Gasteiger partial charge in [-0.15, -0.1) is 11.3 Å². The van der Waals surface area contributed by atoms with E-state index in [0.29, 0.717) is 10.6 Å². The molecule has 3 amide bonds. The summed E-state index contributed by atoms with van der Waals surface area (Å²) < 4.78 is 1.01. The number of fused-ring (bicyclic) bond motifs is 1. The van der Waals surface area contributed by atoms with Gasteiger partial charge in [0.25, 0.3) is 5.91 Å². The van der Waals surface area contributed by atoms with Crippen LogP contribution in [-0.2, 0) is 0 Å². The molecule has 0 radical (unpaired) electrons. The average Bonchev–Trinajstić information content (AvgIpc) is 3.18. The molecule has 1 fully saturated rings. The first kappa shape index (κ1) is 20.6. The molecule has 0 spiro atoms. The number of thiazole rings is 1. The van der Waals surface area contributed by atoms with Crippen LogP contribution in [0, 0.1) is 0 Å². The Morgan fingerprint density at radius 1 is 0.967 bits per heavy atom. The molecule has 0 aliphatic carbocycles. The van der Waals surface area contributed by atoms with Gasteiger partial charge in [0.1, 0.15) is 4.83 Å². The number of urea groups is 1. The minimum absolute atomic E-state index is 0.0584. The van der Waals surface area contributed by atoms with Crippen LogP contribution >= 0.6 is 22.7 Å². The summed E-state index contributed by atoms with van der Waals surface area (Å²) in [7, 11) is 3.91. The van der Waals surface area contributed by atoms with Crippen molar-refractivity contribution in [3.05, 3.63) is 35.2 Å². The van der Waals surface area contributed by atoms with Crippen LogP contribution in [0.4, 0.5) is 21.3 Å². The van der Waals surface area contributed by atoms with E-state index in [1.165, 1.54) is 24.2 Å². The summed E-state index contributed by atoms with van der Waals surface area (Å²) in [5, 5.41) is 6.79. The number of anilines is 3. The number of nitrogens with zero attached hydrogens (tertiary/aromatic N) is 3. The highest BCUT2D eigenvalue weighted by molar-refractivity contribution is 7.29. The number of likely N-dealkylation sites (tertiary alicyclic amines) is 1. The molecule has 1 saturated heterocycles. The lowest BCUT2D eigenvalue weighted by Gasteiger charge is -2.20. The number of hydrogen-bond acceptors (Lipinski definition) is 6. The van der Waals surface area contributed by atoms with Gasteiger partial charge in [-0.1, -0.05) is 24.2 Å². The molecule has 30 heavy (non-hydrogen) atoms. The van der Waals surface area contributed by atoms with E-state index >= 15 is 0 Å². The van der Waals surface area contributed by atoms with E-state index in [1.807, 2.05) is 42.1 Å². The van der Waals surface area contributed by atoms with Gasteiger partial charge in [0, 0.05) is 38.6 Å². The molecule has 158 valence electrons. The maximum absolute atomic E-state index is 12.6. The van der Waals surface area contributed by atoms with Crippen molar-refractivity contribution in [1.82, 2.24) is 9.88 Å². The number of hydrogen-bond donors (Lipinski definition) is 2. The Morgan fingerprint density at radius 3 is 2.20 bits per heavy atom. The Bertz CT molecular complexity index is 1000. The summed E-state index contributed by atoms with van der Waals surface area (Å²) in [4.78, 5) is 34.9. The van der Waals surface area contributed by atoms with Crippen molar-refractivity contribution in [2.24, 2.45) is 0 Å². The van der Waals surface area contributed by atoms with E-state index in [-0.39, 0.29) is 11.9 Å². The minimum Gasteiger partial charge on any atom is -0.354 e. The van der Waals surface area contributed by atoms with E-state index in [4.69, 9.17) is 0 Å². The van der Waals surface area contributed by atoms with Gasteiger partial charge < -0.3 is 20.4 Å². The molecular weight excluding hydrogens is 418 g/mol. The zero-order valence-electron chi connectivity index (χ0n) is 17.1. The Kier molecular flexibility index (Phi) is 6.19. The smallest absolute Gasteiger partial charge is 0.321 e. The monoisotopic (exact) mass is 443 g/mol. The van der Waals surface area contributed by atoms with Crippen molar-refractivity contribution < 1.29 is 9.59 Å². The molecule has 0 bridgehead atoms. The molecule has 3 aromatic rings. The van der Waals surface area contributed by atoms with Crippen molar-refractivity contribution in [2.75, 3.05) is 42.7 Å². The van der Waals surface area contributed by atoms with E-state index in [1.54, 1.807) is 23.5 Å². The molecule has 1 aliphatic heterocycles. The van der Waals surface area contributed by atoms with E-state index in [2.05, 4.69) is 15.6 Å². The van der Waals surface area contributed by atoms with Crippen LogP contribution in [0.2, 0.25) is 0 Å². The zero-order valence-corrected chi connectivity index (χ0v) is 18.7. The number of carbonyl (C=O) groups is 2. The third-order valence-corrected chi connectivity index (χ3v) is 7.30. The van der Waals surface area contributed by atoms with Crippen molar-refractivity contribution in [3.63, 3.8) is 0 Å². The summed E-state index contributed by atoms with van der Waals surface area (Å²) in [5.74, 6) is -0.155. The van der Waals surface area contributed by atoms with Gasteiger partial charge in [0.15, 0.2) is 5.13 Å². The first-order chi connectivity index (χ1) is 14.5. The predicted molar refractivity (Wildman–Crippen MR) is 125 cm³/mol. The second-order valence-corrected chi connectivity index (χ2v) is 9.57. The van der Waals surface area contributed by atoms with Crippen LogP contribution in [-0.4, -0.2) is 49.0 Å². The van der Waals surface area contributed by atoms with Gasteiger partial charge in [-0.25, -0.2) is 9.78 Å². The minimum atomic E-state index is -0.155. The highest BCUT2D eigenvalue weighted by Crippen LogP contribution is 2.34. The lowest BCUT2D eigenvalue weighted by molar-refractivity contribution is 0.103. The number of thiophene rings is 1. The van der Waals surface area contributed by atoms with E-state index in [0.717, 1.165) is 46.3 Å². The third-order valence-electron chi connectivity index (χ3n) is 4.97. The molecule has 2 aromatic heterocycles. The van der Waals surface area contributed by atoms with Gasteiger partial charge in [-0.3, -0.25) is 4.79 Å². The summed E-state index contributed by atoms with van der Waals surface area (Å²) in [6.07, 6.45) is 4.50. The van der Waals surface area contributed by atoms with Crippen LogP contribution in [0.25, 0.3) is 9.53 Å². The van der Waals surface area contributed by atoms with Crippen LogP contribution < -0.4 is 15.5 Å². The van der Waals surface area contributed by atoms with Crippen LogP contribution in [0.15, 0.2) is 30.3 Å². The summed E-state index contributed by atoms with van der Waals surface area (Å²) in [6, 6.07) is 9.04. The lowest BCUT2D eigenvalue weighted by atomic mass is 10.2. The van der Waals surface area contributed by atoms with Crippen LogP contribution in [0.5, 0.6) is 0 Å². The summed E-state index contributed by atoms with van der Waals surface area (Å²) in [5.41, 5.74) is 1.41. The molecule has 1 aromatic carbocycles. The first-order valence-corrected chi connectivity index (χ1v) is 11.7. The standard InChI is InChI=1S/C21H25N5O2S2/c1-25(2)21-24-19-17(30-21)13-16(29-19)18(27)22-14-7-9-15(10-8-14)23-20(28)26-11-5-3-4-6-12-26/h7-10,13H,3-6,11-12H2,1-2H3,(H,22,27)(H,23,28). The van der Waals surface area contributed by atoms with Crippen molar-refractivity contribution in [2.45, 2.75) is 25.7 Å². The first-order valence-electron chi connectivity index (χ1n) is 10.0. The fourth-order valence-electron chi connectivity index (χ4n) is 3.33. The van der Waals surface area contributed by atoms with Crippen molar-refractivity contribution in [1.29, 1.82) is 0 Å². The van der Waals surface area contributed by atoms with Crippen LogP contribution in [0.1, 0.15) is 35.4 Å². The number of benzene rings is 1. The molecule has 3 heterocycles. The van der Waals surface area contributed by atoms with Gasteiger partial charge in [-0.2, -0.15) is 0 Å². The largest absolute Gasteiger partial charge is 0.354 e. The lowest BCUT2D eigenvalue weighted by Crippen LogP contribution is -2.35. The number of carbonyl (C=O) groups excluding carboxylic acids is 2. The van der Waals surface area contributed by atoms with Gasteiger partial charge >= 0.3 is 6.03 Å². The van der Waals surface area contributed by atoms with E-state index < -0.39 is 0 Å². The molecular formula is C21H25N5O2S2. The summed E-state index contributed by atoms with van der Waals surface area (Å²) in [6.45, 7) is 1.62. The Morgan fingerprint density at radius 2 is 1.60 bits per heavy atom. The maximum Gasteiger partial charge on any atom is 0.321 e. The average molecular weight is 444 g/mol. The quantitative estimate of drug-likeness (QED) is 0.589. The van der Waals surface area contributed by atoms with Crippen LogP contribution in [0.3, 0.4) is 0 Å². The van der Waals surface area contributed by atoms with Gasteiger partial charge in [-0.05, 0) is 43.2 Å². The molecule has 0 atom stereocenters. The SMILES string of the molecule is CN(C)c1nc2sc(C(=O)Nc3ccc(NC(=O)N4CCCCCC4)cc3)cc2s1. The Labute approximate surface area is 183 Å². The van der Waals surface area contributed by atoms with Gasteiger partial charge in [0.05, 0.1) is 9.58 Å². The molecule has 0 unspecified atom stereocenters. The van der Waals surface area contributed by atoms with Crippen molar-refractivity contribution >= 4 is 60.6 Å². The topological polar surface area (TPSA) is 77.6 Å². The second-order valence-electron chi connectivity index (χ2n) is 7.53.